The van der Waals surface area contributed by atoms with Crippen LogP contribution in [0.1, 0.15) is 8.30 Å². The highest BCUT2D eigenvalue weighted by Gasteiger charge is 1.89. The maximum Gasteiger partial charge on any atom is 0.115 e. The molecule has 0 heterocycles. The Morgan fingerprint density at radius 2 is 2.00 bits per heavy atom. The molecule has 0 aliphatic carbocycles. The van der Waals surface area contributed by atoms with Gasteiger partial charge in [-0.05, 0) is 30.6 Å². The SMILES string of the molecule is [2H]C([2H])(CN)c1ccc(O)cc1. The van der Waals surface area contributed by atoms with Crippen molar-refractivity contribution in [1.82, 2.24) is 0 Å². The van der Waals surface area contributed by atoms with E-state index in [0.717, 1.165) is 0 Å². The summed E-state index contributed by atoms with van der Waals surface area (Å²) < 4.78 is 14.9. The second kappa shape index (κ2) is 3.22. The number of benzene rings is 1. The third-order valence-electron chi connectivity index (χ3n) is 1.17. The van der Waals surface area contributed by atoms with Crippen molar-refractivity contribution in [3.63, 3.8) is 0 Å². The number of phenols is 1. The lowest BCUT2D eigenvalue weighted by molar-refractivity contribution is 0.475. The molecule has 0 bridgehead atoms. The Morgan fingerprint density at radius 1 is 1.40 bits per heavy atom. The van der Waals surface area contributed by atoms with E-state index < -0.39 is 6.37 Å². The van der Waals surface area contributed by atoms with Crippen LogP contribution < -0.4 is 5.73 Å². The number of phenolic OH excluding ortho intramolecular Hbond substituents is 1. The summed E-state index contributed by atoms with van der Waals surface area (Å²) in [5, 5.41) is 8.94. The number of rotatable bonds is 2. The van der Waals surface area contributed by atoms with Crippen molar-refractivity contribution in [2.24, 2.45) is 5.73 Å². The molecule has 2 nitrogen and oxygen atoms in total. The third-order valence-corrected chi connectivity index (χ3v) is 1.17. The largest absolute Gasteiger partial charge is 0.508 e. The molecule has 1 rings (SSSR count). The number of nitrogens with two attached hydrogens (primary N) is 1. The maximum atomic E-state index is 8.94. The molecular formula is C8H11NO. The monoisotopic (exact) mass is 139 g/mol. The van der Waals surface area contributed by atoms with Gasteiger partial charge in [-0.3, -0.25) is 0 Å². The molecule has 0 aromatic heterocycles. The van der Waals surface area contributed by atoms with Gasteiger partial charge in [0.2, 0.25) is 0 Å². The Hall–Kier alpha value is -1.02. The number of hydrogen-bond acceptors (Lipinski definition) is 2. The average molecular weight is 139 g/mol. The molecule has 3 N–H and O–H groups in total. The zero-order chi connectivity index (χ0) is 9.19. The van der Waals surface area contributed by atoms with Crippen molar-refractivity contribution in [1.29, 1.82) is 0 Å². The van der Waals surface area contributed by atoms with Crippen LogP contribution in [0.2, 0.25) is 0 Å². The van der Waals surface area contributed by atoms with E-state index in [9.17, 15) is 0 Å². The predicted molar refractivity (Wildman–Crippen MR) is 40.9 cm³/mol. The minimum Gasteiger partial charge on any atom is -0.508 e. The van der Waals surface area contributed by atoms with Crippen molar-refractivity contribution < 1.29 is 7.85 Å². The molecule has 0 fully saturated rings. The fraction of sp³-hybridized carbons (Fsp3) is 0.250. The molecule has 0 aliphatic heterocycles. The van der Waals surface area contributed by atoms with E-state index in [1.807, 2.05) is 0 Å². The zero-order valence-electron chi connectivity index (χ0n) is 7.54. The number of aromatic hydroxyl groups is 1. The van der Waals surface area contributed by atoms with E-state index in [2.05, 4.69) is 0 Å². The molecule has 0 amide bonds. The normalized spacial score (nSPS) is 14.1. The fourth-order valence-corrected chi connectivity index (χ4v) is 0.697. The molecule has 0 saturated heterocycles. The first-order valence-electron chi connectivity index (χ1n) is 4.06. The van der Waals surface area contributed by atoms with Gasteiger partial charge in [-0.15, -0.1) is 0 Å². The van der Waals surface area contributed by atoms with E-state index in [-0.39, 0.29) is 12.3 Å². The summed E-state index contributed by atoms with van der Waals surface area (Å²) in [5.74, 6) is 0.131. The molecule has 0 unspecified atom stereocenters. The van der Waals surface area contributed by atoms with Crippen LogP contribution in [0.3, 0.4) is 0 Å². The average Bonchev–Trinajstić information content (AvgIpc) is 2.05. The van der Waals surface area contributed by atoms with Crippen LogP contribution in [0.5, 0.6) is 5.75 Å². The van der Waals surface area contributed by atoms with Gasteiger partial charge < -0.3 is 10.8 Å². The molecule has 0 aliphatic rings. The first kappa shape index (κ1) is 4.74. The lowest BCUT2D eigenvalue weighted by atomic mass is 10.1. The van der Waals surface area contributed by atoms with E-state index in [0.29, 0.717) is 5.56 Å². The highest BCUT2D eigenvalue weighted by atomic mass is 16.3. The Kier molecular flexibility index (Phi) is 1.53. The summed E-state index contributed by atoms with van der Waals surface area (Å²) in [4.78, 5) is 0. The van der Waals surface area contributed by atoms with Gasteiger partial charge in [0.05, 0.1) is 0 Å². The van der Waals surface area contributed by atoms with Gasteiger partial charge in [0.25, 0.3) is 0 Å². The topological polar surface area (TPSA) is 46.2 Å². The van der Waals surface area contributed by atoms with Gasteiger partial charge in [0.1, 0.15) is 5.75 Å². The van der Waals surface area contributed by atoms with Gasteiger partial charge >= 0.3 is 0 Å². The Morgan fingerprint density at radius 3 is 2.50 bits per heavy atom. The first-order valence-corrected chi connectivity index (χ1v) is 3.06. The molecule has 10 heavy (non-hydrogen) atoms. The molecule has 1 aromatic carbocycles. The molecule has 0 spiro atoms. The molecule has 0 radical (unpaired) electrons. The first-order chi connectivity index (χ1) is 5.56. The van der Waals surface area contributed by atoms with Gasteiger partial charge in [-0.25, -0.2) is 0 Å². The Labute approximate surface area is 63.1 Å². The molecule has 54 valence electrons. The van der Waals surface area contributed by atoms with Crippen molar-refractivity contribution in [3.05, 3.63) is 29.8 Å². The molecule has 0 saturated carbocycles. The van der Waals surface area contributed by atoms with Crippen LogP contribution in [0.25, 0.3) is 0 Å². The summed E-state index contributed by atoms with van der Waals surface area (Å²) in [5.41, 5.74) is 5.73. The Bertz CT molecular complexity index is 258. The fourth-order valence-electron chi connectivity index (χ4n) is 0.697. The van der Waals surface area contributed by atoms with Gasteiger partial charge in [-0.2, -0.15) is 0 Å². The standard InChI is InChI=1S/C8H11NO/c9-6-5-7-1-3-8(10)4-2-7/h1-4,10H,5-6,9H2/i5D2. The number of hydrogen-bond donors (Lipinski definition) is 2. The van der Waals surface area contributed by atoms with Gasteiger partial charge in [0.15, 0.2) is 0 Å². The van der Waals surface area contributed by atoms with E-state index in [4.69, 9.17) is 13.6 Å². The predicted octanol–water partition coefficient (Wildman–Crippen LogP) is 0.893. The van der Waals surface area contributed by atoms with Crippen molar-refractivity contribution >= 4 is 0 Å². The third kappa shape index (κ3) is 1.74. The van der Waals surface area contributed by atoms with Crippen LogP contribution in [0.15, 0.2) is 24.3 Å². The summed E-state index contributed by atoms with van der Waals surface area (Å²) in [6, 6.07) is 5.95. The van der Waals surface area contributed by atoms with Crippen molar-refractivity contribution in [2.45, 2.75) is 6.37 Å². The Balaban J connectivity index is 2.96. The summed E-state index contributed by atoms with van der Waals surface area (Å²) in [6.07, 6.45) is -1.51. The molecular weight excluding hydrogens is 126 g/mol. The van der Waals surface area contributed by atoms with E-state index in [1.165, 1.54) is 24.3 Å². The summed E-state index contributed by atoms with van der Waals surface area (Å²) in [7, 11) is 0. The lowest BCUT2D eigenvalue weighted by Gasteiger charge is -1.96. The van der Waals surface area contributed by atoms with E-state index in [1.54, 1.807) is 0 Å². The minimum absolute atomic E-state index is 0.0578. The van der Waals surface area contributed by atoms with Crippen molar-refractivity contribution in [2.75, 3.05) is 6.54 Å². The molecule has 2 heteroatoms. The van der Waals surface area contributed by atoms with E-state index >= 15 is 0 Å². The molecule has 1 aromatic rings. The highest BCUT2D eigenvalue weighted by molar-refractivity contribution is 5.25. The molecule has 0 atom stereocenters. The van der Waals surface area contributed by atoms with Crippen LogP contribution in [-0.2, 0) is 6.37 Å². The minimum atomic E-state index is -1.51. The van der Waals surface area contributed by atoms with Crippen LogP contribution in [0.4, 0.5) is 0 Å². The maximum absolute atomic E-state index is 8.94. The highest BCUT2D eigenvalue weighted by Crippen LogP contribution is 2.09. The lowest BCUT2D eigenvalue weighted by Crippen LogP contribution is -2.01. The zero-order valence-corrected chi connectivity index (χ0v) is 5.54. The summed E-state index contributed by atoms with van der Waals surface area (Å²) in [6.45, 7) is -0.0578. The second-order valence-electron chi connectivity index (χ2n) is 1.93. The van der Waals surface area contributed by atoms with Gasteiger partial charge in [0, 0.05) is 2.74 Å². The quantitative estimate of drug-likeness (QED) is 0.639. The van der Waals surface area contributed by atoms with Crippen LogP contribution in [-0.4, -0.2) is 11.7 Å². The van der Waals surface area contributed by atoms with Gasteiger partial charge in [-0.1, -0.05) is 12.1 Å². The van der Waals surface area contributed by atoms with Crippen LogP contribution >= 0.6 is 0 Å². The smallest absolute Gasteiger partial charge is 0.115 e. The van der Waals surface area contributed by atoms with Crippen molar-refractivity contribution in [3.8, 4) is 5.75 Å². The summed E-state index contributed by atoms with van der Waals surface area (Å²) >= 11 is 0. The second-order valence-corrected chi connectivity index (χ2v) is 1.93. The van der Waals surface area contributed by atoms with Crippen LogP contribution in [0, 0.1) is 0 Å².